The highest BCUT2D eigenvalue weighted by Gasteiger charge is 2.26. The van der Waals surface area contributed by atoms with Gasteiger partial charge in [-0.1, -0.05) is 43.3 Å². The van der Waals surface area contributed by atoms with Crippen LogP contribution in [0.3, 0.4) is 0 Å². The number of fused-ring (bicyclic) bond motifs is 3. The van der Waals surface area contributed by atoms with Gasteiger partial charge in [0.05, 0.1) is 13.7 Å². The van der Waals surface area contributed by atoms with Crippen molar-refractivity contribution in [2.24, 2.45) is 0 Å². The predicted octanol–water partition coefficient (Wildman–Crippen LogP) is 5.34. The van der Waals surface area contributed by atoms with Crippen molar-refractivity contribution in [1.82, 2.24) is 15.2 Å². The van der Waals surface area contributed by atoms with Crippen LogP contribution in [0.25, 0.3) is 11.3 Å². The molecule has 0 aliphatic carbocycles. The molecular formula is C23H26N4O3S. The van der Waals surface area contributed by atoms with Gasteiger partial charge < -0.3 is 19.5 Å². The number of methoxy groups -OCH3 is 1. The second kappa shape index (κ2) is 9.87. The van der Waals surface area contributed by atoms with Crippen molar-refractivity contribution in [3.8, 4) is 28.6 Å². The maximum absolute atomic E-state index is 6.34. The molecule has 0 saturated carbocycles. The average molecular weight is 439 g/mol. The average Bonchev–Trinajstić information content (AvgIpc) is 2.96. The van der Waals surface area contributed by atoms with E-state index in [1.807, 2.05) is 49.4 Å². The molecular weight excluding hydrogens is 412 g/mol. The summed E-state index contributed by atoms with van der Waals surface area (Å²) in [5.41, 5.74) is 3.33. The summed E-state index contributed by atoms with van der Waals surface area (Å²) in [4.78, 5) is 4.68. The zero-order valence-electron chi connectivity index (χ0n) is 17.9. The topological polar surface area (TPSA) is 78.4 Å². The van der Waals surface area contributed by atoms with Gasteiger partial charge in [-0.05, 0) is 37.6 Å². The Morgan fingerprint density at radius 2 is 1.97 bits per heavy atom. The quantitative estimate of drug-likeness (QED) is 0.373. The lowest BCUT2D eigenvalue weighted by Crippen LogP contribution is -2.17. The number of para-hydroxylation sites is 1. The van der Waals surface area contributed by atoms with Crippen molar-refractivity contribution in [1.29, 1.82) is 0 Å². The van der Waals surface area contributed by atoms with Crippen LogP contribution in [0, 0.1) is 0 Å². The van der Waals surface area contributed by atoms with Crippen LogP contribution in [0.5, 0.6) is 17.4 Å². The van der Waals surface area contributed by atoms with E-state index in [0.717, 1.165) is 35.4 Å². The molecule has 0 radical (unpaired) electrons. The lowest BCUT2D eigenvalue weighted by atomic mass is 10.1. The smallest absolute Gasteiger partial charge is 0.247 e. The molecule has 0 fully saturated rings. The first kappa shape index (κ1) is 21.2. The number of benzene rings is 2. The first-order chi connectivity index (χ1) is 15.2. The summed E-state index contributed by atoms with van der Waals surface area (Å²) in [6.07, 6.45) is 1.75. The summed E-state index contributed by atoms with van der Waals surface area (Å²) in [6, 6.07) is 13.7. The first-order valence-electron chi connectivity index (χ1n) is 10.4. The van der Waals surface area contributed by atoms with E-state index in [1.165, 1.54) is 0 Å². The van der Waals surface area contributed by atoms with Crippen LogP contribution in [0.2, 0.25) is 0 Å². The molecule has 1 aliphatic heterocycles. The van der Waals surface area contributed by atoms with Gasteiger partial charge in [0.2, 0.25) is 11.0 Å². The molecule has 1 atom stereocenters. The van der Waals surface area contributed by atoms with Crippen LogP contribution >= 0.6 is 11.8 Å². The van der Waals surface area contributed by atoms with Crippen LogP contribution in [-0.4, -0.2) is 34.7 Å². The summed E-state index contributed by atoms with van der Waals surface area (Å²) in [5.74, 6) is 2.76. The van der Waals surface area contributed by atoms with E-state index in [2.05, 4.69) is 27.4 Å². The van der Waals surface area contributed by atoms with Gasteiger partial charge in [0.15, 0.2) is 23.4 Å². The Morgan fingerprint density at radius 3 is 2.77 bits per heavy atom. The number of thioether (sulfide) groups is 1. The van der Waals surface area contributed by atoms with E-state index in [-0.39, 0.29) is 0 Å². The molecule has 8 heteroatoms. The summed E-state index contributed by atoms with van der Waals surface area (Å²) < 4.78 is 17.5. The van der Waals surface area contributed by atoms with E-state index in [9.17, 15) is 0 Å². The molecule has 0 saturated heterocycles. The second-order valence-electron chi connectivity index (χ2n) is 6.98. The third-order valence-corrected chi connectivity index (χ3v) is 5.78. The Labute approximate surface area is 186 Å². The Kier molecular flexibility index (Phi) is 6.76. The molecule has 1 aromatic heterocycles. The van der Waals surface area contributed by atoms with Crippen LogP contribution in [0.1, 0.15) is 38.5 Å². The number of nitrogens with zero attached hydrogens (tertiary/aromatic N) is 3. The Morgan fingerprint density at radius 1 is 1.10 bits per heavy atom. The number of rotatable bonds is 8. The van der Waals surface area contributed by atoms with Gasteiger partial charge >= 0.3 is 0 Å². The lowest BCUT2D eigenvalue weighted by molar-refractivity contribution is 0.224. The number of hydrogen-bond donors (Lipinski definition) is 1. The third kappa shape index (κ3) is 4.69. The molecule has 2 heterocycles. The van der Waals surface area contributed by atoms with Crippen LogP contribution in [-0.2, 0) is 0 Å². The fraction of sp³-hybridized carbons (Fsp3) is 0.348. The molecule has 0 amide bonds. The fourth-order valence-corrected chi connectivity index (χ4v) is 4.15. The Balaban J connectivity index is 1.73. The normalized spacial score (nSPS) is 14.5. The number of hydrogen-bond acceptors (Lipinski definition) is 8. The first-order valence-corrected chi connectivity index (χ1v) is 11.4. The van der Waals surface area contributed by atoms with E-state index in [0.29, 0.717) is 34.8 Å². The number of unbranched alkanes of at least 4 members (excludes halogenated alkanes) is 1. The van der Waals surface area contributed by atoms with E-state index < -0.39 is 6.23 Å². The maximum Gasteiger partial charge on any atom is 0.247 e. The molecule has 162 valence electrons. The highest BCUT2D eigenvalue weighted by Crippen LogP contribution is 2.40. The van der Waals surface area contributed by atoms with Gasteiger partial charge in [-0.2, -0.15) is 4.98 Å². The molecule has 0 unspecified atom stereocenters. The van der Waals surface area contributed by atoms with Crippen LogP contribution in [0.4, 0.5) is 5.69 Å². The van der Waals surface area contributed by atoms with Crippen molar-refractivity contribution < 1.29 is 14.2 Å². The minimum absolute atomic E-state index is 0.463. The van der Waals surface area contributed by atoms with Gasteiger partial charge in [-0.25, -0.2) is 0 Å². The molecule has 1 aliphatic rings. The van der Waals surface area contributed by atoms with E-state index >= 15 is 0 Å². The number of ether oxygens (including phenoxy) is 3. The monoisotopic (exact) mass is 438 g/mol. The second-order valence-corrected chi connectivity index (χ2v) is 8.04. The van der Waals surface area contributed by atoms with Gasteiger partial charge in [0.25, 0.3) is 0 Å². The standard InChI is InChI=1S/C23H26N4O3S/c1-4-6-13-31-23-25-22-20(26-27-23)16-9-7-8-10-17(16)24-21(30-22)15-11-12-18(28-3)19(14-15)29-5-2/h7-12,14,21,24H,4-6,13H2,1-3H3/t21-/m0/s1. The highest BCUT2D eigenvalue weighted by molar-refractivity contribution is 7.99. The molecule has 2 aromatic carbocycles. The zero-order valence-corrected chi connectivity index (χ0v) is 18.7. The highest BCUT2D eigenvalue weighted by atomic mass is 32.2. The number of nitrogens with one attached hydrogen (secondary N) is 1. The molecule has 1 N–H and O–H groups in total. The minimum atomic E-state index is -0.474. The van der Waals surface area contributed by atoms with Crippen molar-refractivity contribution in [2.75, 3.05) is 24.8 Å². The lowest BCUT2D eigenvalue weighted by Gasteiger charge is -2.20. The Hall–Kier alpha value is -3.00. The van der Waals surface area contributed by atoms with E-state index in [1.54, 1.807) is 18.9 Å². The third-order valence-electron chi connectivity index (χ3n) is 4.85. The van der Waals surface area contributed by atoms with Crippen molar-refractivity contribution in [3.63, 3.8) is 0 Å². The van der Waals surface area contributed by atoms with Crippen molar-refractivity contribution >= 4 is 17.4 Å². The summed E-state index contributed by atoms with van der Waals surface area (Å²) >= 11 is 1.60. The van der Waals surface area contributed by atoms with E-state index in [4.69, 9.17) is 14.2 Å². The number of aromatic nitrogens is 3. The van der Waals surface area contributed by atoms with Crippen molar-refractivity contribution in [3.05, 3.63) is 48.0 Å². The van der Waals surface area contributed by atoms with Crippen LogP contribution in [0.15, 0.2) is 47.6 Å². The van der Waals surface area contributed by atoms with Gasteiger partial charge in [0.1, 0.15) is 0 Å². The minimum Gasteiger partial charge on any atom is -0.493 e. The van der Waals surface area contributed by atoms with Gasteiger partial charge in [-0.3, -0.25) is 0 Å². The summed E-state index contributed by atoms with van der Waals surface area (Å²) in [5, 5.41) is 12.9. The predicted molar refractivity (Wildman–Crippen MR) is 122 cm³/mol. The van der Waals surface area contributed by atoms with Gasteiger partial charge in [0, 0.05) is 22.6 Å². The zero-order chi connectivity index (χ0) is 21.6. The SMILES string of the molecule is CCCCSc1nnc2c(n1)O[C@@H](c1ccc(OC)c(OCC)c1)Nc1ccccc1-2. The molecule has 3 aromatic rings. The Bertz CT molecular complexity index is 1050. The fourth-order valence-electron chi connectivity index (χ4n) is 3.29. The van der Waals surface area contributed by atoms with Crippen LogP contribution < -0.4 is 19.5 Å². The number of anilines is 1. The summed E-state index contributed by atoms with van der Waals surface area (Å²) in [7, 11) is 1.63. The molecule has 7 nitrogen and oxygen atoms in total. The largest absolute Gasteiger partial charge is 0.493 e. The molecule has 0 spiro atoms. The molecule has 4 rings (SSSR count). The maximum atomic E-state index is 6.34. The molecule has 31 heavy (non-hydrogen) atoms. The van der Waals surface area contributed by atoms with Crippen molar-refractivity contribution in [2.45, 2.75) is 38.1 Å². The summed E-state index contributed by atoms with van der Waals surface area (Å²) in [6.45, 7) is 4.65. The molecule has 0 bridgehead atoms. The van der Waals surface area contributed by atoms with Gasteiger partial charge in [-0.15, -0.1) is 10.2 Å².